The molecule has 0 atom stereocenters. The smallest absolute Gasteiger partial charge is 0.221 e. The molecular weight excluding hydrogens is 324 g/mol. The van der Waals surface area contributed by atoms with E-state index >= 15 is 0 Å². The number of pyridine rings is 1. The molecule has 0 aliphatic heterocycles. The average Bonchev–Trinajstić information content (AvgIpc) is 3.35. The molecule has 0 amide bonds. The first-order valence-corrected chi connectivity index (χ1v) is 8.13. The van der Waals surface area contributed by atoms with Crippen LogP contribution in [0.25, 0.3) is 32.8 Å². The number of thiophene rings is 1. The molecule has 0 aliphatic carbocycles. The Morgan fingerprint density at radius 1 is 1.21 bits per heavy atom. The van der Waals surface area contributed by atoms with Gasteiger partial charge in [0.15, 0.2) is 5.65 Å². The largest absolute Gasteiger partial charge is 0.285 e. The summed E-state index contributed by atoms with van der Waals surface area (Å²) in [6, 6.07) is 4.00. The SMILES string of the molecule is c1cnc2scc(Cn3nnc4ncc(-c5cn[nH]c5)nc43)c2c1. The second kappa shape index (κ2) is 5.17. The number of hydrogen-bond donors (Lipinski definition) is 1. The number of nitrogens with zero attached hydrogens (tertiary/aromatic N) is 7. The Hall–Kier alpha value is -3.20. The molecule has 8 nitrogen and oxygen atoms in total. The maximum atomic E-state index is 4.64. The highest BCUT2D eigenvalue weighted by atomic mass is 32.1. The molecule has 0 saturated heterocycles. The van der Waals surface area contributed by atoms with Crippen LogP contribution in [-0.4, -0.2) is 40.1 Å². The number of H-pyrrole nitrogens is 1. The minimum absolute atomic E-state index is 0.528. The van der Waals surface area contributed by atoms with Crippen molar-refractivity contribution in [2.45, 2.75) is 6.54 Å². The molecule has 0 fully saturated rings. The van der Waals surface area contributed by atoms with Crippen molar-refractivity contribution in [1.82, 2.24) is 40.1 Å². The Morgan fingerprint density at radius 3 is 3.12 bits per heavy atom. The van der Waals surface area contributed by atoms with Crippen LogP contribution < -0.4 is 0 Å². The van der Waals surface area contributed by atoms with E-state index in [0.29, 0.717) is 17.8 Å². The van der Waals surface area contributed by atoms with E-state index in [0.717, 1.165) is 27.0 Å². The standard InChI is InChI=1S/C15H10N8S/c1-2-11-10(8-24-15(11)16-3-1)7-23-14-13(21-22-23)17-6-12(20-14)9-4-18-19-5-9/h1-6,8H,7H2,(H,18,19). The molecule has 0 unspecified atom stereocenters. The highest BCUT2D eigenvalue weighted by Crippen LogP contribution is 2.25. The van der Waals surface area contributed by atoms with Crippen molar-refractivity contribution in [3.8, 4) is 11.3 Å². The summed E-state index contributed by atoms with van der Waals surface area (Å²) >= 11 is 1.62. The van der Waals surface area contributed by atoms with Crippen LogP contribution in [0.5, 0.6) is 0 Å². The average molecular weight is 334 g/mol. The molecular formula is C15H10N8S. The van der Waals surface area contributed by atoms with Crippen LogP contribution in [0.1, 0.15) is 5.56 Å². The summed E-state index contributed by atoms with van der Waals surface area (Å²) in [5.74, 6) is 0. The molecule has 0 bridgehead atoms. The summed E-state index contributed by atoms with van der Waals surface area (Å²) in [4.78, 5) is 14.4. The summed E-state index contributed by atoms with van der Waals surface area (Å²) in [6.07, 6.45) is 6.97. The lowest BCUT2D eigenvalue weighted by molar-refractivity contribution is 0.668. The van der Waals surface area contributed by atoms with Crippen molar-refractivity contribution in [3.05, 3.63) is 47.9 Å². The molecule has 5 aromatic heterocycles. The quantitative estimate of drug-likeness (QED) is 0.543. The van der Waals surface area contributed by atoms with E-state index < -0.39 is 0 Å². The lowest BCUT2D eigenvalue weighted by Crippen LogP contribution is -2.03. The fourth-order valence-corrected chi connectivity index (χ4v) is 3.50. The monoisotopic (exact) mass is 334 g/mol. The molecule has 116 valence electrons. The molecule has 0 radical (unpaired) electrons. The summed E-state index contributed by atoms with van der Waals surface area (Å²) in [5.41, 5.74) is 3.93. The fraction of sp³-hybridized carbons (Fsp3) is 0.0667. The van der Waals surface area contributed by atoms with Gasteiger partial charge in [-0.25, -0.2) is 19.6 Å². The third-order valence-corrected chi connectivity index (χ3v) is 4.72. The highest BCUT2D eigenvalue weighted by molar-refractivity contribution is 7.16. The molecule has 5 rings (SSSR count). The second-order valence-electron chi connectivity index (χ2n) is 5.25. The molecule has 0 saturated carbocycles. The zero-order valence-electron chi connectivity index (χ0n) is 12.3. The molecule has 0 spiro atoms. The number of nitrogens with one attached hydrogen (secondary N) is 1. The number of rotatable bonds is 3. The second-order valence-corrected chi connectivity index (χ2v) is 6.11. The lowest BCUT2D eigenvalue weighted by atomic mass is 10.2. The van der Waals surface area contributed by atoms with Gasteiger partial charge in [-0.2, -0.15) is 5.10 Å². The van der Waals surface area contributed by atoms with Crippen LogP contribution in [0.3, 0.4) is 0 Å². The predicted octanol–water partition coefficient (Wildman–Crippen LogP) is 2.27. The van der Waals surface area contributed by atoms with Gasteiger partial charge in [-0.3, -0.25) is 5.10 Å². The molecule has 1 N–H and O–H groups in total. The number of fused-ring (bicyclic) bond motifs is 2. The Bertz CT molecular complexity index is 1140. The van der Waals surface area contributed by atoms with E-state index in [1.165, 1.54) is 0 Å². The van der Waals surface area contributed by atoms with Crippen LogP contribution in [0.15, 0.2) is 42.3 Å². The molecule has 5 aromatic rings. The van der Waals surface area contributed by atoms with Gasteiger partial charge in [0.05, 0.1) is 24.6 Å². The first kappa shape index (κ1) is 13.3. The van der Waals surface area contributed by atoms with Gasteiger partial charge in [0.1, 0.15) is 4.83 Å². The predicted molar refractivity (Wildman–Crippen MR) is 89.4 cm³/mol. The summed E-state index contributed by atoms with van der Waals surface area (Å²) in [7, 11) is 0. The minimum Gasteiger partial charge on any atom is -0.285 e. The van der Waals surface area contributed by atoms with Gasteiger partial charge in [0, 0.05) is 23.3 Å². The molecule has 24 heavy (non-hydrogen) atoms. The van der Waals surface area contributed by atoms with Crippen molar-refractivity contribution >= 4 is 32.8 Å². The minimum atomic E-state index is 0.528. The van der Waals surface area contributed by atoms with E-state index in [-0.39, 0.29) is 0 Å². The number of aromatic amines is 1. The zero-order chi connectivity index (χ0) is 15.9. The van der Waals surface area contributed by atoms with Crippen LogP contribution >= 0.6 is 11.3 Å². The van der Waals surface area contributed by atoms with E-state index in [1.807, 2.05) is 6.07 Å². The summed E-state index contributed by atoms with van der Waals surface area (Å²) < 4.78 is 1.76. The Kier molecular flexibility index (Phi) is 2.85. The van der Waals surface area contributed by atoms with Crippen molar-refractivity contribution in [2.24, 2.45) is 0 Å². The molecule has 9 heteroatoms. The van der Waals surface area contributed by atoms with Crippen LogP contribution in [-0.2, 0) is 6.54 Å². The maximum Gasteiger partial charge on any atom is 0.221 e. The Labute approximate surface area is 139 Å². The fourth-order valence-electron chi connectivity index (χ4n) is 2.60. The van der Waals surface area contributed by atoms with Gasteiger partial charge in [-0.05, 0) is 17.0 Å². The molecule has 0 aliphatic rings. The third kappa shape index (κ3) is 2.06. The van der Waals surface area contributed by atoms with Crippen molar-refractivity contribution in [3.63, 3.8) is 0 Å². The number of aromatic nitrogens is 8. The Balaban J connectivity index is 1.60. The van der Waals surface area contributed by atoms with Crippen LogP contribution in [0.2, 0.25) is 0 Å². The number of hydrogen-bond acceptors (Lipinski definition) is 7. The van der Waals surface area contributed by atoms with Crippen molar-refractivity contribution in [1.29, 1.82) is 0 Å². The van der Waals surface area contributed by atoms with Crippen molar-refractivity contribution in [2.75, 3.05) is 0 Å². The molecule has 5 heterocycles. The van der Waals surface area contributed by atoms with Gasteiger partial charge >= 0.3 is 0 Å². The zero-order valence-corrected chi connectivity index (χ0v) is 13.1. The lowest BCUT2D eigenvalue weighted by Gasteiger charge is -2.01. The third-order valence-electron chi connectivity index (χ3n) is 3.77. The normalized spacial score (nSPS) is 11.5. The highest BCUT2D eigenvalue weighted by Gasteiger charge is 2.13. The van der Waals surface area contributed by atoms with Gasteiger partial charge in [0.25, 0.3) is 0 Å². The van der Waals surface area contributed by atoms with Crippen molar-refractivity contribution < 1.29 is 0 Å². The first-order valence-electron chi connectivity index (χ1n) is 7.25. The van der Waals surface area contributed by atoms with Gasteiger partial charge in [0.2, 0.25) is 5.65 Å². The van der Waals surface area contributed by atoms with Crippen LogP contribution in [0.4, 0.5) is 0 Å². The van der Waals surface area contributed by atoms with Gasteiger partial charge in [-0.15, -0.1) is 16.4 Å². The molecule has 0 aromatic carbocycles. The van der Waals surface area contributed by atoms with Gasteiger partial charge in [-0.1, -0.05) is 11.3 Å². The van der Waals surface area contributed by atoms with E-state index in [9.17, 15) is 0 Å². The topological polar surface area (TPSA) is 98.1 Å². The Morgan fingerprint density at radius 2 is 2.21 bits per heavy atom. The van der Waals surface area contributed by atoms with Crippen LogP contribution in [0, 0.1) is 0 Å². The van der Waals surface area contributed by atoms with E-state index in [2.05, 4.69) is 46.9 Å². The van der Waals surface area contributed by atoms with E-state index in [4.69, 9.17) is 0 Å². The summed E-state index contributed by atoms with van der Waals surface area (Å²) in [5, 5.41) is 18.3. The summed E-state index contributed by atoms with van der Waals surface area (Å²) in [6.45, 7) is 0.575. The first-order chi connectivity index (χ1) is 11.9. The van der Waals surface area contributed by atoms with Gasteiger partial charge < -0.3 is 0 Å². The van der Waals surface area contributed by atoms with E-state index in [1.54, 1.807) is 40.8 Å². The maximum absolute atomic E-state index is 4.64.